The Hall–Kier alpha value is -4.03. The fourth-order valence-corrected chi connectivity index (χ4v) is 5.06. The molecule has 1 fully saturated rings. The van der Waals surface area contributed by atoms with Crippen LogP contribution in [-0.4, -0.2) is 28.0 Å². The number of aliphatic hydroxyl groups is 1. The van der Waals surface area contributed by atoms with Crippen LogP contribution in [0, 0.1) is 6.92 Å². The highest BCUT2D eigenvalue weighted by molar-refractivity contribution is 6.52. The third-order valence-electron chi connectivity index (χ3n) is 6.50. The van der Waals surface area contributed by atoms with Crippen LogP contribution in [0.5, 0.6) is 5.75 Å². The number of hydrogen-bond acceptors (Lipinski definition) is 4. The predicted molar refractivity (Wildman–Crippen MR) is 142 cm³/mol. The summed E-state index contributed by atoms with van der Waals surface area (Å²) in [5.41, 5.74) is 3.43. The molecule has 7 heteroatoms. The molecule has 1 aliphatic heterocycles. The minimum Gasteiger partial charge on any atom is -0.507 e. The summed E-state index contributed by atoms with van der Waals surface area (Å²) >= 11 is 6.25. The van der Waals surface area contributed by atoms with E-state index < -0.39 is 17.7 Å². The van der Waals surface area contributed by atoms with E-state index in [0.717, 1.165) is 22.0 Å². The number of hydrogen-bond donors (Lipinski definition) is 1. The fourth-order valence-electron chi connectivity index (χ4n) is 4.88. The van der Waals surface area contributed by atoms with Gasteiger partial charge in [-0.15, -0.1) is 0 Å². The lowest BCUT2D eigenvalue weighted by molar-refractivity contribution is -0.132. The molecule has 6 nitrogen and oxygen atoms in total. The van der Waals surface area contributed by atoms with E-state index in [2.05, 4.69) is 0 Å². The van der Waals surface area contributed by atoms with E-state index in [-0.39, 0.29) is 11.3 Å². The molecule has 1 atom stereocenters. The van der Waals surface area contributed by atoms with Gasteiger partial charge in [-0.1, -0.05) is 35.9 Å². The van der Waals surface area contributed by atoms with E-state index in [4.69, 9.17) is 16.3 Å². The number of halogens is 1. The van der Waals surface area contributed by atoms with E-state index in [1.54, 1.807) is 42.5 Å². The molecule has 0 spiro atoms. The number of aliphatic hydroxyl groups excluding tert-OH is 1. The van der Waals surface area contributed by atoms with Gasteiger partial charge in [-0.3, -0.25) is 14.5 Å². The number of ketones is 1. The molecule has 0 aliphatic carbocycles. The van der Waals surface area contributed by atoms with E-state index in [0.29, 0.717) is 28.6 Å². The maximum absolute atomic E-state index is 13.5. The summed E-state index contributed by atoms with van der Waals surface area (Å²) in [5, 5.41) is 12.8. The van der Waals surface area contributed by atoms with Crippen molar-refractivity contribution in [3.8, 4) is 5.75 Å². The summed E-state index contributed by atoms with van der Waals surface area (Å²) in [7, 11) is 1.91. The zero-order valence-electron chi connectivity index (χ0n) is 20.2. The number of para-hydroxylation sites is 1. The second-order valence-corrected chi connectivity index (χ2v) is 9.21. The van der Waals surface area contributed by atoms with Crippen LogP contribution in [0.15, 0.2) is 78.5 Å². The molecule has 1 aliphatic rings. The zero-order chi connectivity index (χ0) is 25.6. The molecule has 3 aromatic carbocycles. The number of fused-ring (bicyclic) bond motifs is 1. The van der Waals surface area contributed by atoms with Crippen molar-refractivity contribution in [3.63, 3.8) is 0 Å². The number of rotatable bonds is 5. The van der Waals surface area contributed by atoms with Gasteiger partial charge in [-0.2, -0.15) is 0 Å². The lowest BCUT2D eigenvalue weighted by Crippen LogP contribution is -2.29. The van der Waals surface area contributed by atoms with Gasteiger partial charge in [0.25, 0.3) is 11.7 Å². The molecule has 1 aromatic heterocycles. The predicted octanol–water partition coefficient (Wildman–Crippen LogP) is 6.17. The zero-order valence-corrected chi connectivity index (χ0v) is 20.9. The number of nitrogens with zero attached hydrogens (tertiary/aromatic N) is 2. The standard InChI is InChI=1S/C29H25ClN2O4/c1-4-36-24-13-12-18(14-17(24)2)27(33)25-26(22-16-31(3)23-11-6-5-10-21(22)23)32(29(35)28(25)34)20-9-7-8-19(30)15-20/h5-16,26,33H,4H2,1-3H3/b27-25+. The van der Waals surface area contributed by atoms with Crippen molar-refractivity contribution < 1.29 is 19.4 Å². The maximum atomic E-state index is 13.5. The van der Waals surface area contributed by atoms with Crippen LogP contribution in [0.25, 0.3) is 16.7 Å². The Balaban J connectivity index is 1.77. The Bertz CT molecular complexity index is 1550. The second-order valence-electron chi connectivity index (χ2n) is 8.77. The minimum absolute atomic E-state index is 0.0277. The van der Waals surface area contributed by atoms with E-state index >= 15 is 0 Å². The number of Topliss-reactive ketones (excluding diaryl/α,β-unsaturated/α-hetero) is 1. The Morgan fingerprint density at radius 1 is 1.06 bits per heavy atom. The number of benzene rings is 3. The number of aryl methyl sites for hydroxylation is 2. The topological polar surface area (TPSA) is 71.8 Å². The van der Waals surface area contributed by atoms with E-state index in [1.165, 1.54) is 4.90 Å². The Morgan fingerprint density at radius 3 is 2.56 bits per heavy atom. The van der Waals surface area contributed by atoms with Crippen LogP contribution in [-0.2, 0) is 16.6 Å². The lowest BCUT2D eigenvalue weighted by atomic mass is 9.94. The molecule has 0 radical (unpaired) electrons. The van der Waals surface area contributed by atoms with Gasteiger partial charge in [0, 0.05) is 46.0 Å². The fraction of sp³-hybridized carbons (Fsp3) is 0.172. The molecule has 4 aromatic rings. The highest BCUT2D eigenvalue weighted by Gasteiger charge is 2.48. The van der Waals surface area contributed by atoms with Crippen molar-refractivity contribution in [2.24, 2.45) is 7.05 Å². The summed E-state index contributed by atoms with van der Waals surface area (Å²) in [6.07, 6.45) is 1.90. The summed E-state index contributed by atoms with van der Waals surface area (Å²) < 4.78 is 7.57. The van der Waals surface area contributed by atoms with E-state index in [1.807, 2.05) is 55.9 Å². The number of anilines is 1. The Morgan fingerprint density at radius 2 is 1.83 bits per heavy atom. The van der Waals surface area contributed by atoms with Gasteiger partial charge in [0.15, 0.2) is 0 Å². The summed E-state index contributed by atoms with van der Waals surface area (Å²) in [6.45, 7) is 4.28. The average Bonchev–Trinajstić information content (AvgIpc) is 3.33. The van der Waals surface area contributed by atoms with Crippen LogP contribution < -0.4 is 9.64 Å². The monoisotopic (exact) mass is 500 g/mol. The van der Waals surface area contributed by atoms with Crippen molar-refractivity contribution in [1.82, 2.24) is 4.57 Å². The first-order valence-corrected chi connectivity index (χ1v) is 12.0. The van der Waals surface area contributed by atoms with Gasteiger partial charge < -0.3 is 14.4 Å². The SMILES string of the molecule is CCOc1ccc(/C(O)=C2\C(=O)C(=O)N(c3cccc(Cl)c3)C2c2cn(C)c3ccccc23)cc1C. The highest BCUT2D eigenvalue weighted by atomic mass is 35.5. The van der Waals surface area contributed by atoms with E-state index in [9.17, 15) is 14.7 Å². The van der Waals surface area contributed by atoms with Gasteiger partial charge in [-0.25, -0.2) is 0 Å². The first-order chi connectivity index (χ1) is 17.3. The molecular weight excluding hydrogens is 476 g/mol. The van der Waals surface area contributed by atoms with Crippen molar-refractivity contribution in [1.29, 1.82) is 0 Å². The molecule has 1 saturated heterocycles. The lowest BCUT2D eigenvalue weighted by Gasteiger charge is -2.25. The van der Waals surface area contributed by atoms with Crippen LogP contribution in [0.1, 0.15) is 29.7 Å². The van der Waals surface area contributed by atoms with Crippen LogP contribution in [0.3, 0.4) is 0 Å². The third kappa shape index (κ3) is 3.84. The second kappa shape index (κ2) is 9.21. The van der Waals surface area contributed by atoms with Gasteiger partial charge in [0.05, 0.1) is 18.2 Å². The number of ether oxygens (including phenoxy) is 1. The van der Waals surface area contributed by atoms with Crippen molar-refractivity contribution in [2.75, 3.05) is 11.5 Å². The average molecular weight is 501 g/mol. The van der Waals surface area contributed by atoms with Crippen molar-refractivity contribution in [2.45, 2.75) is 19.9 Å². The van der Waals surface area contributed by atoms with Crippen molar-refractivity contribution >= 4 is 45.6 Å². The molecule has 2 heterocycles. The van der Waals surface area contributed by atoms with Crippen LogP contribution >= 0.6 is 11.6 Å². The number of carbonyl (C=O) groups excluding carboxylic acids is 2. The molecule has 1 N–H and O–H groups in total. The summed E-state index contributed by atoms with van der Waals surface area (Å²) in [6, 6.07) is 18.9. The Labute approximate surface area is 214 Å². The van der Waals surface area contributed by atoms with Gasteiger partial charge in [-0.05, 0) is 61.9 Å². The highest BCUT2D eigenvalue weighted by Crippen LogP contribution is 2.45. The first kappa shape index (κ1) is 23.7. The van der Waals surface area contributed by atoms with Crippen LogP contribution in [0.2, 0.25) is 5.02 Å². The van der Waals surface area contributed by atoms with Gasteiger partial charge in [0.1, 0.15) is 11.5 Å². The van der Waals surface area contributed by atoms with Crippen molar-refractivity contribution in [3.05, 3.63) is 100 Å². The van der Waals surface area contributed by atoms with Gasteiger partial charge >= 0.3 is 0 Å². The molecule has 1 amide bonds. The maximum Gasteiger partial charge on any atom is 0.300 e. The number of aromatic nitrogens is 1. The largest absolute Gasteiger partial charge is 0.507 e. The molecule has 5 rings (SSSR count). The normalized spacial score (nSPS) is 17.2. The summed E-state index contributed by atoms with van der Waals surface area (Å²) in [4.78, 5) is 28.4. The molecule has 182 valence electrons. The summed E-state index contributed by atoms with van der Waals surface area (Å²) in [5.74, 6) is -1.02. The first-order valence-electron chi connectivity index (χ1n) is 11.7. The molecule has 36 heavy (non-hydrogen) atoms. The molecule has 0 bridgehead atoms. The van der Waals surface area contributed by atoms with Crippen LogP contribution in [0.4, 0.5) is 5.69 Å². The molecule has 0 saturated carbocycles. The van der Waals surface area contributed by atoms with Gasteiger partial charge in [0.2, 0.25) is 0 Å². The molecular formula is C29H25ClN2O4. The number of amides is 1. The molecule has 1 unspecified atom stereocenters. The Kier molecular flexibility index (Phi) is 6.06. The third-order valence-corrected chi connectivity index (χ3v) is 6.74. The minimum atomic E-state index is -0.846. The smallest absolute Gasteiger partial charge is 0.300 e. The quantitative estimate of drug-likeness (QED) is 0.202. The number of carbonyl (C=O) groups is 2.